The normalized spacial score (nSPS) is 14.1. The molecule has 0 heterocycles. The Labute approximate surface area is 361 Å². The Balaban J connectivity index is 4.15. The number of amides is 1. The van der Waals surface area contributed by atoms with Gasteiger partial charge in [0.1, 0.15) is 13.2 Å². The van der Waals surface area contributed by atoms with Gasteiger partial charge in [-0.15, -0.1) is 0 Å². The standard InChI is InChI=1S/C49H101N2O6P/c1-6-8-10-12-14-16-18-20-21-22-23-24-25-26-27-28-29-31-33-35-37-39-41-43-49(53)50-47(46-57-58(54,55)56-45-44-51(3,4)5)48(52)42-40-38-36-34-32-30-19-17-15-13-11-9-7-2/h47-48,52H,6-46H2,1-5H3,(H-,50,53,54,55)/p+1. The Morgan fingerprint density at radius 1 is 0.517 bits per heavy atom. The second-order valence-electron chi connectivity index (χ2n) is 18.9. The number of unbranched alkanes of at least 4 members (excludes halogenated alkanes) is 34. The first-order chi connectivity index (χ1) is 28.0. The summed E-state index contributed by atoms with van der Waals surface area (Å²) in [5, 5.41) is 14.0. The number of likely N-dealkylation sites (N-methyl/N-ethyl adjacent to an activating group) is 1. The first kappa shape index (κ1) is 57.5. The highest BCUT2D eigenvalue weighted by Gasteiger charge is 2.28. The van der Waals surface area contributed by atoms with Crippen molar-refractivity contribution >= 4 is 13.7 Å². The Kier molecular flexibility index (Phi) is 41.5. The van der Waals surface area contributed by atoms with Crippen LogP contribution in [0.3, 0.4) is 0 Å². The summed E-state index contributed by atoms with van der Waals surface area (Å²) in [6, 6.07) is -0.753. The highest BCUT2D eigenvalue weighted by atomic mass is 31.2. The molecular weight excluding hydrogens is 744 g/mol. The molecule has 0 aromatic heterocycles. The van der Waals surface area contributed by atoms with Crippen LogP contribution in [0, 0.1) is 0 Å². The zero-order valence-electron chi connectivity index (χ0n) is 39.6. The average molecular weight is 846 g/mol. The number of carbonyl (C=O) groups is 1. The van der Waals surface area contributed by atoms with Gasteiger partial charge in [-0.3, -0.25) is 13.8 Å². The van der Waals surface area contributed by atoms with Crippen molar-refractivity contribution < 1.29 is 32.9 Å². The number of aliphatic hydroxyl groups excluding tert-OH is 1. The maximum Gasteiger partial charge on any atom is 0.472 e. The van der Waals surface area contributed by atoms with Gasteiger partial charge >= 0.3 is 7.82 Å². The van der Waals surface area contributed by atoms with Crippen LogP contribution in [0.2, 0.25) is 0 Å². The molecule has 3 N–H and O–H groups in total. The van der Waals surface area contributed by atoms with E-state index in [2.05, 4.69) is 19.2 Å². The Morgan fingerprint density at radius 3 is 1.16 bits per heavy atom. The van der Waals surface area contributed by atoms with Gasteiger partial charge in [0.05, 0.1) is 39.9 Å². The summed E-state index contributed by atoms with van der Waals surface area (Å²) in [5.41, 5.74) is 0. The molecule has 3 unspecified atom stereocenters. The number of aliphatic hydroxyl groups is 1. The highest BCUT2D eigenvalue weighted by Crippen LogP contribution is 2.43. The molecular formula is C49H102N2O6P+. The van der Waals surface area contributed by atoms with Crippen LogP contribution >= 0.6 is 7.82 Å². The minimum Gasteiger partial charge on any atom is -0.391 e. The summed E-state index contributed by atoms with van der Waals surface area (Å²) in [6.07, 6.45) is 47.1. The number of nitrogens with one attached hydrogen (secondary N) is 1. The predicted octanol–water partition coefficient (Wildman–Crippen LogP) is 14.5. The molecule has 1 amide bonds. The fourth-order valence-electron chi connectivity index (χ4n) is 7.81. The lowest BCUT2D eigenvalue weighted by Crippen LogP contribution is -2.46. The minimum absolute atomic E-state index is 0.0787. The van der Waals surface area contributed by atoms with Crippen LogP contribution in [-0.2, 0) is 18.4 Å². The van der Waals surface area contributed by atoms with Crippen LogP contribution in [0.15, 0.2) is 0 Å². The van der Waals surface area contributed by atoms with Crippen LogP contribution in [0.5, 0.6) is 0 Å². The van der Waals surface area contributed by atoms with E-state index in [1.165, 1.54) is 193 Å². The average Bonchev–Trinajstić information content (AvgIpc) is 3.17. The molecule has 0 saturated carbocycles. The molecule has 0 aliphatic heterocycles. The van der Waals surface area contributed by atoms with E-state index in [-0.39, 0.29) is 19.1 Å². The molecule has 8 nitrogen and oxygen atoms in total. The molecule has 0 radical (unpaired) electrons. The van der Waals surface area contributed by atoms with Gasteiger partial charge < -0.3 is 19.8 Å². The number of carbonyl (C=O) groups excluding carboxylic acids is 1. The first-order valence-electron chi connectivity index (χ1n) is 25.4. The Hall–Kier alpha value is -0.500. The second kappa shape index (κ2) is 41.8. The SMILES string of the molecule is CCCCCCCCCCCCCCCCCCCCCCCCCC(=O)NC(COP(=O)(O)OCC[N+](C)(C)C)C(O)CCCCCCCCCCCCCCC. The van der Waals surface area contributed by atoms with Crippen molar-refractivity contribution in [2.75, 3.05) is 40.9 Å². The summed E-state index contributed by atoms with van der Waals surface area (Å²) in [4.78, 5) is 23.2. The van der Waals surface area contributed by atoms with Crippen LogP contribution in [0.25, 0.3) is 0 Å². The van der Waals surface area contributed by atoms with E-state index in [0.717, 1.165) is 38.5 Å². The Bertz CT molecular complexity index is 916. The van der Waals surface area contributed by atoms with Crippen molar-refractivity contribution in [2.24, 2.45) is 0 Å². The summed E-state index contributed by atoms with van der Waals surface area (Å²) < 4.78 is 23.7. The number of rotatable bonds is 47. The van der Waals surface area contributed by atoms with Gasteiger partial charge in [-0.2, -0.15) is 0 Å². The zero-order chi connectivity index (χ0) is 42.8. The number of phosphoric acid groups is 1. The van der Waals surface area contributed by atoms with Crippen molar-refractivity contribution in [1.82, 2.24) is 5.32 Å². The van der Waals surface area contributed by atoms with Crippen molar-refractivity contribution in [1.29, 1.82) is 0 Å². The molecule has 0 fully saturated rings. The van der Waals surface area contributed by atoms with Crippen molar-refractivity contribution in [2.45, 2.75) is 270 Å². The van der Waals surface area contributed by atoms with Gasteiger partial charge in [0, 0.05) is 6.42 Å². The monoisotopic (exact) mass is 846 g/mol. The van der Waals surface area contributed by atoms with Crippen LogP contribution < -0.4 is 5.32 Å². The van der Waals surface area contributed by atoms with Crippen LogP contribution in [-0.4, -0.2) is 73.4 Å². The lowest BCUT2D eigenvalue weighted by Gasteiger charge is -2.26. The molecule has 0 aromatic carbocycles. The van der Waals surface area contributed by atoms with Crippen LogP contribution in [0.4, 0.5) is 0 Å². The van der Waals surface area contributed by atoms with Gasteiger partial charge in [0.2, 0.25) is 5.91 Å². The van der Waals surface area contributed by atoms with E-state index < -0.39 is 20.0 Å². The van der Waals surface area contributed by atoms with Gasteiger partial charge in [-0.25, -0.2) is 4.57 Å². The quantitative estimate of drug-likeness (QED) is 0.0320. The molecule has 3 atom stereocenters. The largest absolute Gasteiger partial charge is 0.472 e. The predicted molar refractivity (Wildman–Crippen MR) is 249 cm³/mol. The van der Waals surface area contributed by atoms with Gasteiger partial charge in [0.25, 0.3) is 0 Å². The van der Waals surface area contributed by atoms with E-state index in [9.17, 15) is 19.4 Å². The number of hydrogen-bond donors (Lipinski definition) is 3. The number of nitrogens with zero attached hydrogens (tertiary/aromatic N) is 1. The van der Waals surface area contributed by atoms with Crippen molar-refractivity contribution in [3.8, 4) is 0 Å². The molecule has 0 saturated heterocycles. The number of hydrogen-bond acceptors (Lipinski definition) is 5. The maximum absolute atomic E-state index is 12.9. The van der Waals surface area contributed by atoms with E-state index >= 15 is 0 Å². The third-order valence-corrected chi connectivity index (χ3v) is 12.8. The van der Waals surface area contributed by atoms with Gasteiger partial charge in [-0.1, -0.05) is 239 Å². The molecule has 0 bridgehead atoms. The van der Waals surface area contributed by atoms with E-state index in [0.29, 0.717) is 23.9 Å². The fraction of sp³-hybridized carbons (Fsp3) is 0.980. The van der Waals surface area contributed by atoms with Gasteiger partial charge in [-0.05, 0) is 12.8 Å². The number of quaternary nitrogens is 1. The summed E-state index contributed by atoms with van der Waals surface area (Å²) >= 11 is 0. The zero-order valence-corrected chi connectivity index (χ0v) is 40.5. The molecule has 0 aliphatic carbocycles. The third-order valence-electron chi connectivity index (χ3n) is 11.9. The highest BCUT2D eigenvalue weighted by molar-refractivity contribution is 7.47. The second-order valence-corrected chi connectivity index (χ2v) is 20.4. The van der Waals surface area contributed by atoms with Crippen molar-refractivity contribution in [3.05, 3.63) is 0 Å². The lowest BCUT2D eigenvalue weighted by molar-refractivity contribution is -0.870. The fourth-order valence-corrected chi connectivity index (χ4v) is 8.55. The summed E-state index contributed by atoms with van der Waals surface area (Å²) in [5.74, 6) is -0.139. The van der Waals surface area contributed by atoms with E-state index in [4.69, 9.17) is 9.05 Å². The Morgan fingerprint density at radius 2 is 0.828 bits per heavy atom. The third kappa shape index (κ3) is 43.6. The maximum atomic E-state index is 12.9. The summed E-state index contributed by atoms with van der Waals surface area (Å²) in [7, 11) is 1.63. The molecule has 0 aromatic rings. The van der Waals surface area contributed by atoms with E-state index in [1.54, 1.807) is 0 Å². The topological polar surface area (TPSA) is 105 Å². The van der Waals surface area contributed by atoms with E-state index in [1.807, 2.05) is 21.1 Å². The van der Waals surface area contributed by atoms with Crippen molar-refractivity contribution in [3.63, 3.8) is 0 Å². The first-order valence-corrected chi connectivity index (χ1v) is 26.9. The smallest absolute Gasteiger partial charge is 0.391 e. The molecule has 9 heteroatoms. The molecule has 58 heavy (non-hydrogen) atoms. The summed E-state index contributed by atoms with van der Waals surface area (Å²) in [6.45, 7) is 4.92. The molecule has 348 valence electrons. The number of phosphoric ester groups is 1. The lowest BCUT2D eigenvalue weighted by atomic mass is 10.0. The molecule has 0 aliphatic rings. The minimum atomic E-state index is -4.31. The van der Waals surface area contributed by atoms with Crippen LogP contribution in [0.1, 0.15) is 258 Å². The van der Waals surface area contributed by atoms with Gasteiger partial charge in [0.15, 0.2) is 0 Å². The molecule has 0 spiro atoms. The molecule has 0 rings (SSSR count).